The van der Waals surface area contributed by atoms with Gasteiger partial charge in [-0.25, -0.2) is 13.8 Å². The van der Waals surface area contributed by atoms with Gasteiger partial charge in [-0.05, 0) is 60.5 Å². The van der Waals surface area contributed by atoms with Gasteiger partial charge in [-0.15, -0.1) is 0 Å². The molecule has 1 heterocycles. The maximum atomic E-state index is 15.1. The van der Waals surface area contributed by atoms with Crippen molar-refractivity contribution in [1.29, 1.82) is 0 Å². The van der Waals surface area contributed by atoms with Crippen LogP contribution >= 0.6 is 7.82 Å². The fourth-order valence-electron chi connectivity index (χ4n) is 3.87. The van der Waals surface area contributed by atoms with E-state index in [1.165, 1.54) is 48.2 Å². The van der Waals surface area contributed by atoms with Gasteiger partial charge in [0.1, 0.15) is 28.6 Å². The third-order valence-electron chi connectivity index (χ3n) is 5.65. The fourth-order valence-corrected chi connectivity index (χ4v) is 4.27. The third kappa shape index (κ3) is 8.67. The number of carbonyl (C=O) groups excluding carboxylic acids is 1. The Labute approximate surface area is 279 Å². The van der Waals surface area contributed by atoms with E-state index in [1.807, 2.05) is 6.92 Å². The summed E-state index contributed by atoms with van der Waals surface area (Å²) in [7, 11) is -3.24. The molecule has 2 N–H and O–H groups in total. The van der Waals surface area contributed by atoms with Crippen LogP contribution in [-0.4, -0.2) is 93.2 Å². The van der Waals surface area contributed by atoms with Crippen molar-refractivity contribution >= 4 is 83.8 Å². The summed E-state index contributed by atoms with van der Waals surface area (Å²) in [6.07, 6.45) is 2.14. The standard InChI is InChI=1S/C27H25FNO9P.2Na.2H/c1-3-14-36-23-13-12-22(28)24-25(23)29(15-21(26(24)30)17-4-8-19(35-2)9-5-17)16-37-27(31)18-6-10-20(11-7-18)38-39(32,33)34;;;;/h4-13,15H,3,14,16H2,1-2H3,(H2,32,33,34);;;;. The number of hydrogen-bond donors (Lipinski definition) is 2. The van der Waals surface area contributed by atoms with Crippen LogP contribution < -0.4 is 19.4 Å². The van der Waals surface area contributed by atoms with Crippen molar-refractivity contribution in [2.24, 2.45) is 0 Å². The van der Waals surface area contributed by atoms with Crippen molar-refractivity contribution < 1.29 is 42.3 Å². The van der Waals surface area contributed by atoms with E-state index in [0.29, 0.717) is 24.3 Å². The van der Waals surface area contributed by atoms with E-state index in [0.717, 1.165) is 6.07 Å². The molecule has 0 saturated carbocycles. The van der Waals surface area contributed by atoms with Crippen LogP contribution in [0.25, 0.3) is 22.0 Å². The maximum absolute atomic E-state index is 15.1. The number of nitrogens with zero attached hydrogens (tertiary/aromatic N) is 1. The summed E-state index contributed by atoms with van der Waals surface area (Å²) in [6, 6.07) is 14.2. The Hall–Kier alpha value is -2.18. The molecule has 0 aliphatic heterocycles. The molecule has 0 radical (unpaired) electrons. The van der Waals surface area contributed by atoms with E-state index >= 15 is 4.39 Å². The predicted octanol–water partition coefficient (Wildman–Crippen LogP) is 3.59. The SMILES string of the molecule is CCCOc1ccc(F)c2c(=O)c(-c3ccc(OC)cc3)cn(COC(=O)c3ccc(OP(=O)(O)O)cc3)c12.[NaH].[NaH]. The van der Waals surface area contributed by atoms with E-state index in [2.05, 4.69) is 4.52 Å². The van der Waals surface area contributed by atoms with E-state index in [-0.39, 0.29) is 92.6 Å². The zero-order chi connectivity index (χ0) is 28.2. The molecule has 4 rings (SSSR count). The van der Waals surface area contributed by atoms with Crippen LogP contribution in [-0.2, 0) is 16.0 Å². The second kappa shape index (κ2) is 15.3. The number of phosphoric acid groups is 1. The minimum atomic E-state index is -4.75. The Bertz CT molecular complexity index is 1610. The van der Waals surface area contributed by atoms with Crippen LogP contribution in [0.5, 0.6) is 17.2 Å². The van der Waals surface area contributed by atoms with Crippen molar-refractivity contribution in [3.63, 3.8) is 0 Å². The van der Waals surface area contributed by atoms with E-state index < -0.39 is 31.8 Å². The first kappa shape index (κ1) is 35.0. The number of phosphoric ester groups is 1. The molecular formula is C27H27FNNa2O9P. The number of esters is 1. The summed E-state index contributed by atoms with van der Waals surface area (Å²) < 4.78 is 48.4. The molecule has 0 atom stereocenters. The number of aromatic nitrogens is 1. The molecule has 1 aromatic heterocycles. The van der Waals surface area contributed by atoms with Gasteiger partial charge >= 0.3 is 72.9 Å². The van der Waals surface area contributed by atoms with Gasteiger partial charge < -0.3 is 23.3 Å². The molecule has 0 aliphatic carbocycles. The average Bonchev–Trinajstić information content (AvgIpc) is 2.91. The molecule has 41 heavy (non-hydrogen) atoms. The predicted molar refractivity (Wildman–Crippen MR) is 155 cm³/mol. The molecular weight excluding hydrogens is 578 g/mol. The number of rotatable bonds is 10. The normalized spacial score (nSPS) is 10.8. The van der Waals surface area contributed by atoms with Gasteiger partial charge in [0.25, 0.3) is 0 Å². The van der Waals surface area contributed by atoms with Crippen molar-refractivity contribution in [3.8, 4) is 28.4 Å². The summed E-state index contributed by atoms with van der Waals surface area (Å²) in [5.74, 6) is -0.837. The van der Waals surface area contributed by atoms with E-state index in [1.54, 1.807) is 24.3 Å². The molecule has 0 unspecified atom stereocenters. The third-order valence-corrected chi connectivity index (χ3v) is 6.09. The van der Waals surface area contributed by atoms with Crippen molar-refractivity contribution in [2.75, 3.05) is 13.7 Å². The fraction of sp³-hybridized carbons (Fsp3) is 0.185. The first-order valence-electron chi connectivity index (χ1n) is 11.8. The molecule has 0 fully saturated rings. The van der Waals surface area contributed by atoms with Gasteiger partial charge in [0.05, 0.1) is 24.7 Å². The molecule has 208 valence electrons. The second-order valence-electron chi connectivity index (χ2n) is 8.35. The zero-order valence-corrected chi connectivity index (χ0v) is 21.9. The number of pyridine rings is 1. The zero-order valence-electron chi connectivity index (χ0n) is 21.0. The molecule has 0 aliphatic rings. The number of carbonyl (C=O) groups is 1. The van der Waals surface area contributed by atoms with Crippen LogP contribution in [0.1, 0.15) is 23.7 Å². The Morgan fingerprint density at radius 1 is 0.976 bits per heavy atom. The van der Waals surface area contributed by atoms with E-state index in [4.69, 9.17) is 24.0 Å². The molecule has 14 heteroatoms. The van der Waals surface area contributed by atoms with Crippen LogP contribution in [0.4, 0.5) is 4.39 Å². The number of methoxy groups -OCH3 is 1. The molecule has 0 amide bonds. The Balaban J connectivity index is 0.00000294. The van der Waals surface area contributed by atoms with Crippen LogP contribution in [0, 0.1) is 5.82 Å². The molecule has 10 nitrogen and oxygen atoms in total. The Kier molecular flexibility index (Phi) is 13.1. The molecule has 0 saturated heterocycles. The quantitative estimate of drug-likeness (QED) is 0.158. The molecule has 0 spiro atoms. The molecule has 3 aromatic carbocycles. The first-order valence-corrected chi connectivity index (χ1v) is 13.3. The Morgan fingerprint density at radius 2 is 1.61 bits per heavy atom. The summed E-state index contributed by atoms with van der Waals surface area (Å²) in [5, 5.41) is -0.216. The molecule has 4 aromatic rings. The van der Waals surface area contributed by atoms with Crippen LogP contribution in [0.2, 0.25) is 0 Å². The van der Waals surface area contributed by atoms with Crippen LogP contribution in [0.15, 0.2) is 71.7 Å². The summed E-state index contributed by atoms with van der Waals surface area (Å²) in [4.78, 5) is 44.1. The number of halogens is 1. The average molecular weight is 605 g/mol. The van der Waals surface area contributed by atoms with Gasteiger partial charge in [0.15, 0.2) is 12.2 Å². The Morgan fingerprint density at radius 3 is 2.20 bits per heavy atom. The monoisotopic (exact) mass is 605 g/mol. The van der Waals surface area contributed by atoms with Crippen LogP contribution in [0.3, 0.4) is 0 Å². The number of ether oxygens (including phenoxy) is 3. The van der Waals surface area contributed by atoms with Crippen molar-refractivity contribution in [1.82, 2.24) is 4.57 Å². The van der Waals surface area contributed by atoms with Gasteiger partial charge in [-0.2, -0.15) is 0 Å². The van der Waals surface area contributed by atoms with Crippen molar-refractivity contribution in [3.05, 3.63) is 88.5 Å². The summed E-state index contributed by atoms with van der Waals surface area (Å²) in [5.41, 5.74) is 0.318. The second-order valence-corrected chi connectivity index (χ2v) is 9.52. The minimum absolute atomic E-state index is 0. The van der Waals surface area contributed by atoms with Crippen molar-refractivity contribution in [2.45, 2.75) is 20.1 Å². The molecule has 0 bridgehead atoms. The number of fused-ring (bicyclic) bond motifs is 1. The van der Waals surface area contributed by atoms with Gasteiger partial charge in [-0.1, -0.05) is 19.1 Å². The first-order chi connectivity index (χ1) is 18.6. The number of benzene rings is 3. The summed E-state index contributed by atoms with van der Waals surface area (Å²) in [6.45, 7) is 1.82. The van der Waals surface area contributed by atoms with Gasteiger partial charge in [-0.3, -0.25) is 14.6 Å². The van der Waals surface area contributed by atoms with Gasteiger partial charge in [0, 0.05) is 11.8 Å². The topological polar surface area (TPSA) is 134 Å². The van der Waals surface area contributed by atoms with E-state index in [9.17, 15) is 14.2 Å². The summed E-state index contributed by atoms with van der Waals surface area (Å²) >= 11 is 0. The van der Waals surface area contributed by atoms with Gasteiger partial charge in [0.2, 0.25) is 0 Å². The number of hydrogen-bond acceptors (Lipinski definition) is 7.